The summed E-state index contributed by atoms with van der Waals surface area (Å²) < 4.78 is 0. The number of benzene rings is 1. The van der Waals surface area contributed by atoms with Crippen molar-refractivity contribution in [3.05, 3.63) is 48.4 Å². The van der Waals surface area contributed by atoms with Crippen LogP contribution in [0.2, 0.25) is 0 Å². The minimum absolute atomic E-state index is 0.209. The van der Waals surface area contributed by atoms with Crippen molar-refractivity contribution in [1.29, 1.82) is 0 Å². The average Bonchev–Trinajstić information content (AvgIpc) is 2.86. The molecule has 0 unspecified atom stereocenters. The van der Waals surface area contributed by atoms with Gasteiger partial charge in [-0.3, -0.25) is 9.78 Å². The molecule has 3 aromatic rings. The lowest BCUT2D eigenvalue weighted by Crippen LogP contribution is -2.18. The van der Waals surface area contributed by atoms with Crippen molar-refractivity contribution >= 4 is 34.0 Å². The van der Waals surface area contributed by atoms with Gasteiger partial charge in [0.1, 0.15) is 11.2 Å². The first kappa shape index (κ1) is 14.7. The molecule has 3 rings (SSSR count). The number of carbonyl (C=O) groups excluding carboxylic acids is 2. The lowest BCUT2D eigenvalue weighted by atomic mass is 10.1. The normalized spacial score (nSPS) is 10.5. The van der Waals surface area contributed by atoms with E-state index in [9.17, 15) is 9.59 Å². The fourth-order valence-corrected chi connectivity index (χ4v) is 2.22. The number of nitrogens with one attached hydrogen (secondary N) is 1. The summed E-state index contributed by atoms with van der Waals surface area (Å²) in [7, 11) is 0. The van der Waals surface area contributed by atoms with Crippen molar-refractivity contribution in [2.75, 3.05) is 5.32 Å². The van der Waals surface area contributed by atoms with Gasteiger partial charge in [0.2, 0.25) is 0 Å². The van der Waals surface area contributed by atoms with Gasteiger partial charge in [-0.2, -0.15) is 0 Å². The molecule has 0 bridgehead atoms. The van der Waals surface area contributed by atoms with E-state index in [1.54, 1.807) is 30.6 Å². The molecule has 0 saturated heterocycles. The number of fused-ring (bicyclic) bond motifs is 1. The quantitative estimate of drug-likeness (QED) is 0.744. The molecule has 0 atom stereocenters. The highest BCUT2D eigenvalue weighted by atomic mass is 16.7. The van der Waals surface area contributed by atoms with E-state index >= 15 is 0 Å². The van der Waals surface area contributed by atoms with Crippen LogP contribution in [-0.2, 0) is 4.79 Å². The lowest BCUT2D eigenvalue weighted by molar-refractivity contribution is -0.142. The molecule has 7 nitrogen and oxygen atoms in total. The largest absolute Gasteiger partial charge is 0.354 e. The Labute approximate surface area is 131 Å². The zero-order valence-electron chi connectivity index (χ0n) is 12.6. The number of rotatable bonds is 4. The van der Waals surface area contributed by atoms with Crippen LogP contribution < -0.4 is 10.2 Å². The van der Waals surface area contributed by atoms with Crippen molar-refractivity contribution in [2.45, 2.75) is 13.8 Å². The zero-order valence-corrected chi connectivity index (χ0v) is 12.6. The number of hydrogen-bond acceptors (Lipinski definition) is 6. The van der Waals surface area contributed by atoms with Gasteiger partial charge >= 0.3 is 5.97 Å². The van der Waals surface area contributed by atoms with Gasteiger partial charge in [-0.25, -0.2) is 4.79 Å². The first-order chi connectivity index (χ1) is 11.0. The molecular formula is C16H14N4O3. The molecule has 0 radical (unpaired) electrons. The van der Waals surface area contributed by atoms with Crippen LogP contribution in [-0.4, -0.2) is 26.7 Å². The Morgan fingerprint density at radius 3 is 2.65 bits per heavy atom. The molecule has 0 fully saturated rings. The zero-order chi connectivity index (χ0) is 16.4. The van der Waals surface area contributed by atoms with Crippen molar-refractivity contribution in [3.63, 3.8) is 0 Å². The van der Waals surface area contributed by atoms with E-state index in [4.69, 9.17) is 4.84 Å². The third-order valence-electron chi connectivity index (χ3n) is 3.15. The summed E-state index contributed by atoms with van der Waals surface area (Å²) in [4.78, 5) is 33.0. The van der Waals surface area contributed by atoms with Crippen LogP contribution in [0.15, 0.2) is 42.7 Å². The fourth-order valence-electron chi connectivity index (χ4n) is 2.22. The van der Waals surface area contributed by atoms with Crippen molar-refractivity contribution in [3.8, 4) is 0 Å². The Hall–Kier alpha value is -3.22. The second-order valence-corrected chi connectivity index (χ2v) is 4.96. The van der Waals surface area contributed by atoms with Gasteiger partial charge in [-0.05, 0) is 30.3 Å². The van der Waals surface area contributed by atoms with Crippen molar-refractivity contribution < 1.29 is 14.4 Å². The number of hydrogen-bond donors (Lipinski definition) is 1. The number of ketones is 1. The second kappa shape index (κ2) is 5.88. The fraction of sp³-hybridized carbons (Fsp3) is 0.125. The van der Waals surface area contributed by atoms with Crippen LogP contribution in [0, 0.1) is 0 Å². The first-order valence-corrected chi connectivity index (χ1v) is 6.94. The van der Waals surface area contributed by atoms with E-state index in [-0.39, 0.29) is 11.5 Å². The molecule has 0 saturated carbocycles. The standard InChI is InChI=1S/C16H14N4O3/c1-10(21)16-14-8-12(18-13-4-3-7-17-9-13)5-6-15(14)20(19-16)23-11(2)22/h3-9,18H,1-2H3. The molecule has 0 spiro atoms. The van der Waals surface area contributed by atoms with E-state index < -0.39 is 5.97 Å². The number of anilines is 2. The predicted octanol–water partition coefficient (Wildman–Crippen LogP) is 2.35. The SMILES string of the molecule is CC(=O)On1nc(C(C)=O)c2cc(Nc3cccnc3)ccc21. The second-order valence-electron chi connectivity index (χ2n) is 4.96. The van der Waals surface area contributed by atoms with Crippen LogP contribution in [0.4, 0.5) is 11.4 Å². The molecular weight excluding hydrogens is 296 g/mol. The van der Waals surface area contributed by atoms with Crippen LogP contribution in [0.3, 0.4) is 0 Å². The van der Waals surface area contributed by atoms with Crippen LogP contribution in [0.1, 0.15) is 24.3 Å². The van der Waals surface area contributed by atoms with E-state index in [2.05, 4.69) is 15.4 Å². The third-order valence-corrected chi connectivity index (χ3v) is 3.15. The van der Waals surface area contributed by atoms with Gasteiger partial charge in [-0.15, -0.1) is 5.10 Å². The topological polar surface area (TPSA) is 86.1 Å². The molecule has 0 aliphatic heterocycles. The maximum absolute atomic E-state index is 11.8. The van der Waals surface area contributed by atoms with Crippen LogP contribution in [0.5, 0.6) is 0 Å². The number of nitrogens with zero attached hydrogens (tertiary/aromatic N) is 3. The minimum Gasteiger partial charge on any atom is -0.354 e. The van der Waals surface area contributed by atoms with Crippen LogP contribution in [0.25, 0.3) is 10.9 Å². The van der Waals surface area contributed by atoms with Crippen LogP contribution >= 0.6 is 0 Å². The van der Waals surface area contributed by atoms with Gasteiger partial charge < -0.3 is 10.2 Å². The summed E-state index contributed by atoms with van der Waals surface area (Å²) >= 11 is 0. The van der Waals surface area contributed by atoms with E-state index in [0.29, 0.717) is 10.9 Å². The highest BCUT2D eigenvalue weighted by Crippen LogP contribution is 2.24. The Kier molecular flexibility index (Phi) is 3.76. The van der Waals surface area contributed by atoms with Gasteiger partial charge in [-0.1, -0.05) is 4.85 Å². The lowest BCUT2D eigenvalue weighted by Gasteiger charge is -2.06. The van der Waals surface area contributed by atoms with Crippen molar-refractivity contribution in [2.24, 2.45) is 0 Å². The number of pyridine rings is 1. The summed E-state index contributed by atoms with van der Waals surface area (Å²) in [5.41, 5.74) is 2.39. The highest BCUT2D eigenvalue weighted by Gasteiger charge is 2.16. The molecule has 0 amide bonds. The molecule has 2 aromatic heterocycles. The molecule has 2 heterocycles. The Morgan fingerprint density at radius 1 is 1.17 bits per heavy atom. The van der Waals surface area contributed by atoms with Gasteiger partial charge in [0.05, 0.1) is 11.9 Å². The van der Waals surface area contributed by atoms with E-state index in [1.165, 1.54) is 13.8 Å². The minimum atomic E-state index is -0.512. The highest BCUT2D eigenvalue weighted by molar-refractivity contribution is 6.05. The number of Topliss-reactive ketones (excluding diaryl/α,β-unsaturated/α-hetero) is 1. The summed E-state index contributed by atoms with van der Waals surface area (Å²) in [6.45, 7) is 2.69. The molecule has 1 N–H and O–H groups in total. The Morgan fingerprint density at radius 2 is 2.00 bits per heavy atom. The average molecular weight is 310 g/mol. The third kappa shape index (κ3) is 3.03. The van der Waals surface area contributed by atoms with Gasteiger partial charge in [0.15, 0.2) is 5.78 Å². The smallest absolute Gasteiger partial charge is 0.331 e. The Bertz CT molecular complexity index is 887. The monoisotopic (exact) mass is 310 g/mol. The first-order valence-electron chi connectivity index (χ1n) is 6.94. The number of aromatic nitrogens is 3. The molecule has 0 aliphatic carbocycles. The van der Waals surface area contributed by atoms with E-state index in [1.807, 2.05) is 12.1 Å². The Balaban J connectivity index is 2.05. The van der Waals surface area contributed by atoms with E-state index in [0.717, 1.165) is 16.2 Å². The predicted molar refractivity (Wildman–Crippen MR) is 84.5 cm³/mol. The molecule has 1 aromatic carbocycles. The van der Waals surface area contributed by atoms with Crippen molar-refractivity contribution in [1.82, 2.24) is 14.9 Å². The summed E-state index contributed by atoms with van der Waals surface area (Å²) in [5.74, 6) is -0.721. The summed E-state index contributed by atoms with van der Waals surface area (Å²) in [5, 5.41) is 7.86. The summed E-state index contributed by atoms with van der Waals surface area (Å²) in [6, 6.07) is 9.02. The maximum Gasteiger partial charge on any atom is 0.331 e. The molecule has 23 heavy (non-hydrogen) atoms. The molecule has 116 valence electrons. The number of carbonyl (C=O) groups is 2. The van der Waals surface area contributed by atoms with Gasteiger partial charge in [0, 0.05) is 31.1 Å². The maximum atomic E-state index is 11.8. The molecule has 7 heteroatoms. The molecule has 0 aliphatic rings. The van der Waals surface area contributed by atoms with Gasteiger partial charge in [0.25, 0.3) is 0 Å². The summed E-state index contributed by atoms with van der Waals surface area (Å²) in [6.07, 6.45) is 3.38.